The van der Waals surface area contributed by atoms with Gasteiger partial charge in [-0.25, -0.2) is 4.98 Å². The lowest BCUT2D eigenvalue weighted by Gasteiger charge is -2.13. The van der Waals surface area contributed by atoms with Crippen molar-refractivity contribution in [3.8, 4) is 0 Å². The topological polar surface area (TPSA) is 42.0 Å². The molecule has 0 fully saturated rings. The molecule has 0 spiro atoms. The van der Waals surface area contributed by atoms with E-state index in [4.69, 9.17) is 11.6 Å². The van der Waals surface area contributed by atoms with Crippen LogP contribution in [0, 0.1) is 6.92 Å². The molecule has 1 aromatic carbocycles. The fraction of sp³-hybridized carbons (Fsp3) is 0.200. The summed E-state index contributed by atoms with van der Waals surface area (Å²) < 4.78 is 0. The average Bonchev–Trinajstić information content (AvgIpc) is 2.82. The van der Waals surface area contributed by atoms with E-state index in [0.29, 0.717) is 5.02 Å². The maximum Gasteiger partial charge on any atom is 0.244 e. The minimum atomic E-state index is -0.150. The Morgan fingerprint density at radius 3 is 2.95 bits per heavy atom. The Balaban J connectivity index is 1.96. The van der Waals surface area contributed by atoms with Gasteiger partial charge in [0.1, 0.15) is 0 Å². The zero-order chi connectivity index (χ0) is 14.5. The molecule has 1 N–H and O–H groups in total. The molecule has 0 saturated heterocycles. The first-order valence-corrected chi connectivity index (χ1v) is 7.46. The minimum absolute atomic E-state index is 0.0944. The van der Waals surface area contributed by atoms with Gasteiger partial charge in [-0.1, -0.05) is 23.7 Å². The lowest BCUT2D eigenvalue weighted by Crippen LogP contribution is -2.24. The first-order chi connectivity index (χ1) is 9.54. The van der Waals surface area contributed by atoms with E-state index >= 15 is 0 Å². The largest absolute Gasteiger partial charge is 0.346 e. The normalized spacial score (nSPS) is 12.6. The number of carbonyl (C=O) groups excluding carboxylic acids is 1. The molecule has 1 unspecified atom stereocenters. The molecule has 0 aliphatic rings. The number of carbonyl (C=O) groups is 1. The van der Waals surface area contributed by atoms with Crippen LogP contribution in [0.25, 0.3) is 6.08 Å². The first kappa shape index (κ1) is 14.8. The molecule has 104 valence electrons. The van der Waals surface area contributed by atoms with Crippen molar-refractivity contribution in [2.45, 2.75) is 19.9 Å². The molecular formula is C15H15ClN2OS. The highest BCUT2D eigenvalue weighted by atomic mass is 35.5. The number of amides is 1. The second-order valence-corrected chi connectivity index (χ2v) is 5.91. The van der Waals surface area contributed by atoms with Crippen molar-refractivity contribution < 1.29 is 4.79 Å². The van der Waals surface area contributed by atoms with E-state index in [9.17, 15) is 4.79 Å². The number of hydrogen-bond donors (Lipinski definition) is 1. The van der Waals surface area contributed by atoms with E-state index in [2.05, 4.69) is 10.3 Å². The molecule has 5 heteroatoms. The third-order valence-corrected chi connectivity index (χ3v) is 3.78. The van der Waals surface area contributed by atoms with Crippen molar-refractivity contribution >= 4 is 34.9 Å². The zero-order valence-corrected chi connectivity index (χ0v) is 12.8. The van der Waals surface area contributed by atoms with Crippen LogP contribution in [0.2, 0.25) is 5.02 Å². The predicted octanol–water partition coefficient (Wildman–Crippen LogP) is 4.00. The molecule has 0 saturated carbocycles. The maximum absolute atomic E-state index is 11.8. The van der Waals surface area contributed by atoms with Gasteiger partial charge in [0.05, 0.1) is 16.7 Å². The van der Waals surface area contributed by atoms with Crippen LogP contribution in [0.15, 0.2) is 35.7 Å². The van der Waals surface area contributed by atoms with Gasteiger partial charge in [-0.15, -0.1) is 11.3 Å². The van der Waals surface area contributed by atoms with Crippen molar-refractivity contribution in [3.05, 3.63) is 57.0 Å². The van der Waals surface area contributed by atoms with Crippen molar-refractivity contribution in [3.63, 3.8) is 0 Å². The number of hydrogen-bond acceptors (Lipinski definition) is 3. The summed E-state index contributed by atoms with van der Waals surface area (Å²) in [4.78, 5) is 16.1. The van der Waals surface area contributed by atoms with Crippen molar-refractivity contribution in [1.82, 2.24) is 10.3 Å². The monoisotopic (exact) mass is 306 g/mol. The standard InChI is InChI=1S/C15H15ClN2OS/c1-10(12-4-3-5-13(16)8-12)17-15(19)7-6-14-9-20-11(2)18-14/h3-10H,1-2H3,(H,17,19)/b7-6+. The van der Waals surface area contributed by atoms with Gasteiger partial charge in [0, 0.05) is 16.5 Å². The second kappa shape index (κ2) is 6.68. The number of aromatic nitrogens is 1. The number of thiazole rings is 1. The average molecular weight is 307 g/mol. The van der Waals surface area contributed by atoms with E-state index in [1.165, 1.54) is 6.08 Å². The van der Waals surface area contributed by atoms with Gasteiger partial charge in [-0.2, -0.15) is 0 Å². The van der Waals surface area contributed by atoms with Crippen LogP contribution in [0.3, 0.4) is 0 Å². The van der Waals surface area contributed by atoms with Crippen LogP contribution in [-0.4, -0.2) is 10.9 Å². The van der Waals surface area contributed by atoms with Crippen LogP contribution in [0.1, 0.15) is 29.2 Å². The first-order valence-electron chi connectivity index (χ1n) is 6.21. The van der Waals surface area contributed by atoms with Crippen LogP contribution < -0.4 is 5.32 Å². The quantitative estimate of drug-likeness (QED) is 0.868. The number of halogens is 1. The van der Waals surface area contributed by atoms with Crippen LogP contribution in [-0.2, 0) is 4.79 Å². The highest BCUT2D eigenvalue weighted by Gasteiger charge is 2.07. The molecule has 1 atom stereocenters. The molecule has 3 nitrogen and oxygen atoms in total. The van der Waals surface area contributed by atoms with Crippen molar-refractivity contribution in [1.29, 1.82) is 0 Å². The van der Waals surface area contributed by atoms with E-state index < -0.39 is 0 Å². The number of nitrogens with one attached hydrogen (secondary N) is 1. The number of benzene rings is 1. The van der Waals surface area contributed by atoms with Crippen molar-refractivity contribution in [2.75, 3.05) is 0 Å². The van der Waals surface area contributed by atoms with Gasteiger partial charge in [-0.05, 0) is 37.6 Å². The maximum atomic E-state index is 11.8. The Bertz CT molecular complexity index is 636. The fourth-order valence-corrected chi connectivity index (χ4v) is 2.52. The van der Waals surface area contributed by atoms with Gasteiger partial charge in [0.25, 0.3) is 0 Å². The van der Waals surface area contributed by atoms with E-state index in [1.807, 2.05) is 43.5 Å². The van der Waals surface area contributed by atoms with Gasteiger partial charge in [0.2, 0.25) is 5.91 Å². The van der Waals surface area contributed by atoms with Crippen LogP contribution >= 0.6 is 22.9 Å². The Hall–Kier alpha value is -1.65. The lowest BCUT2D eigenvalue weighted by atomic mass is 10.1. The third kappa shape index (κ3) is 4.18. The summed E-state index contributed by atoms with van der Waals surface area (Å²) in [5.74, 6) is -0.150. The molecule has 0 aliphatic heterocycles. The summed E-state index contributed by atoms with van der Waals surface area (Å²) in [6.07, 6.45) is 3.21. The Labute approximate surface area is 127 Å². The predicted molar refractivity (Wildman–Crippen MR) is 83.9 cm³/mol. The summed E-state index contributed by atoms with van der Waals surface area (Å²) in [6, 6.07) is 7.37. The summed E-state index contributed by atoms with van der Waals surface area (Å²) in [6.45, 7) is 3.85. The molecule has 2 aromatic rings. The number of nitrogens with zero attached hydrogens (tertiary/aromatic N) is 1. The lowest BCUT2D eigenvalue weighted by molar-refractivity contribution is -0.117. The molecule has 0 radical (unpaired) electrons. The molecule has 0 aliphatic carbocycles. The zero-order valence-electron chi connectivity index (χ0n) is 11.3. The van der Waals surface area contributed by atoms with Gasteiger partial charge >= 0.3 is 0 Å². The van der Waals surface area contributed by atoms with E-state index in [0.717, 1.165) is 16.3 Å². The highest BCUT2D eigenvalue weighted by Crippen LogP contribution is 2.17. The molecule has 0 bridgehead atoms. The molecule has 1 amide bonds. The minimum Gasteiger partial charge on any atom is -0.346 e. The van der Waals surface area contributed by atoms with E-state index in [1.54, 1.807) is 17.4 Å². The van der Waals surface area contributed by atoms with Gasteiger partial charge < -0.3 is 5.32 Å². The summed E-state index contributed by atoms with van der Waals surface area (Å²) in [7, 11) is 0. The van der Waals surface area contributed by atoms with E-state index in [-0.39, 0.29) is 11.9 Å². The van der Waals surface area contributed by atoms with Crippen molar-refractivity contribution in [2.24, 2.45) is 0 Å². The van der Waals surface area contributed by atoms with Crippen LogP contribution in [0.4, 0.5) is 0 Å². The summed E-state index contributed by atoms with van der Waals surface area (Å²) in [5.41, 5.74) is 1.78. The smallest absolute Gasteiger partial charge is 0.244 e. The number of aryl methyl sites for hydroxylation is 1. The summed E-state index contributed by atoms with van der Waals surface area (Å²) >= 11 is 7.49. The van der Waals surface area contributed by atoms with Gasteiger partial charge in [0.15, 0.2) is 0 Å². The SMILES string of the molecule is Cc1nc(/C=C/C(=O)NC(C)c2cccc(Cl)c2)cs1. The van der Waals surface area contributed by atoms with Crippen LogP contribution in [0.5, 0.6) is 0 Å². The molecule has 1 aromatic heterocycles. The molecular weight excluding hydrogens is 292 g/mol. The fourth-order valence-electron chi connectivity index (χ4n) is 1.74. The Kier molecular flexibility index (Phi) is 4.93. The number of rotatable bonds is 4. The van der Waals surface area contributed by atoms with Gasteiger partial charge in [-0.3, -0.25) is 4.79 Å². The Morgan fingerprint density at radius 2 is 2.30 bits per heavy atom. The highest BCUT2D eigenvalue weighted by molar-refractivity contribution is 7.09. The second-order valence-electron chi connectivity index (χ2n) is 4.41. The summed E-state index contributed by atoms with van der Waals surface area (Å²) in [5, 5.41) is 6.46. The molecule has 2 rings (SSSR count). The Morgan fingerprint density at radius 1 is 1.50 bits per heavy atom. The third-order valence-electron chi connectivity index (χ3n) is 2.75. The molecule has 1 heterocycles. The molecule has 20 heavy (non-hydrogen) atoms.